The smallest absolute Gasteiger partial charge is 0.174 e. The Morgan fingerprint density at radius 1 is 1.54 bits per heavy atom. The molecule has 0 fully saturated rings. The topological polar surface area (TPSA) is 37.8 Å². The lowest BCUT2D eigenvalue weighted by Crippen LogP contribution is -2.37. The molecule has 0 saturated carbocycles. The molecule has 0 bridgehead atoms. The second-order valence-electron chi connectivity index (χ2n) is 3.73. The van der Waals surface area contributed by atoms with Gasteiger partial charge in [0.05, 0.1) is 0 Å². The van der Waals surface area contributed by atoms with Crippen LogP contribution < -0.4 is 5.32 Å². The van der Waals surface area contributed by atoms with Crippen molar-refractivity contribution in [1.29, 1.82) is 0 Å². The third-order valence-electron chi connectivity index (χ3n) is 1.32. The predicted molar refractivity (Wildman–Crippen MR) is 58.4 cm³/mol. The summed E-state index contributed by atoms with van der Waals surface area (Å²) in [4.78, 5) is 0. The lowest BCUT2D eigenvalue weighted by molar-refractivity contribution is 0.441. The second kappa shape index (κ2) is 4.93. The summed E-state index contributed by atoms with van der Waals surface area (Å²) >= 11 is 3.34. The van der Waals surface area contributed by atoms with Crippen molar-refractivity contribution >= 4 is 23.1 Å². The summed E-state index contributed by atoms with van der Waals surface area (Å²) in [5, 5.41) is 11.2. The van der Waals surface area contributed by atoms with Crippen LogP contribution in [0.3, 0.4) is 0 Å². The van der Waals surface area contributed by atoms with Gasteiger partial charge in [-0.2, -0.15) is 0 Å². The first kappa shape index (κ1) is 10.9. The van der Waals surface area contributed by atoms with E-state index in [4.69, 9.17) is 0 Å². The molecular weight excluding hydrogens is 202 g/mol. The molecule has 1 N–H and O–H groups in total. The van der Waals surface area contributed by atoms with Crippen LogP contribution in [0.4, 0.5) is 0 Å². The highest BCUT2D eigenvalue weighted by Crippen LogP contribution is 2.17. The summed E-state index contributed by atoms with van der Waals surface area (Å²) in [7, 11) is 0. The first-order chi connectivity index (χ1) is 6.08. The van der Waals surface area contributed by atoms with Crippen LogP contribution in [0.1, 0.15) is 20.8 Å². The Morgan fingerprint density at radius 3 is 2.85 bits per heavy atom. The molecule has 0 aliphatic rings. The van der Waals surface area contributed by atoms with Crippen molar-refractivity contribution in [2.24, 2.45) is 0 Å². The zero-order chi connectivity index (χ0) is 9.73. The minimum atomic E-state index is 0.210. The van der Waals surface area contributed by atoms with Crippen molar-refractivity contribution in [3.05, 3.63) is 5.51 Å². The fourth-order valence-corrected chi connectivity index (χ4v) is 2.20. The van der Waals surface area contributed by atoms with Crippen LogP contribution >= 0.6 is 23.1 Å². The number of rotatable bonds is 4. The molecule has 0 aliphatic carbocycles. The van der Waals surface area contributed by atoms with E-state index in [2.05, 4.69) is 36.3 Å². The van der Waals surface area contributed by atoms with E-state index >= 15 is 0 Å². The normalized spacial score (nSPS) is 11.9. The van der Waals surface area contributed by atoms with Gasteiger partial charge in [-0.1, -0.05) is 23.1 Å². The van der Waals surface area contributed by atoms with Gasteiger partial charge in [0.25, 0.3) is 0 Å². The number of hydrogen-bond donors (Lipinski definition) is 1. The standard InChI is InChI=1S/C8H15N3S2/c1-8(2,3)9-4-5-12-7-11-10-6-13-7/h6,9H,4-5H2,1-3H3. The zero-order valence-corrected chi connectivity index (χ0v) is 9.84. The monoisotopic (exact) mass is 217 g/mol. The first-order valence-electron chi connectivity index (χ1n) is 4.22. The summed E-state index contributed by atoms with van der Waals surface area (Å²) < 4.78 is 1.05. The summed E-state index contributed by atoms with van der Waals surface area (Å²) in [5.41, 5.74) is 1.97. The molecule has 5 heteroatoms. The van der Waals surface area contributed by atoms with Gasteiger partial charge in [0.1, 0.15) is 5.51 Å². The molecule has 0 spiro atoms. The molecule has 13 heavy (non-hydrogen) atoms. The van der Waals surface area contributed by atoms with Crippen LogP contribution in [-0.4, -0.2) is 28.0 Å². The number of nitrogens with zero attached hydrogens (tertiary/aromatic N) is 2. The number of hydrogen-bond acceptors (Lipinski definition) is 5. The van der Waals surface area contributed by atoms with Gasteiger partial charge in [0.2, 0.25) is 0 Å². The maximum atomic E-state index is 3.95. The van der Waals surface area contributed by atoms with E-state index in [1.54, 1.807) is 28.6 Å². The molecular formula is C8H15N3S2. The van der Waals surface area contributed by atoms with Gasteiger partial charge in [-0.25, -0.2) is 0 Å². The van der Waals surface area contributed by atoms with Crippen molar-refractivity contribution in [2.75, 3.05) is 12.3 Å². The quantitative estimate of drug-likeness (QED) is 0.618. The molecule has 0 unspecified atom stereocenters. The Morgan fingerprint density at radius 2 is 2.31 bits per heavy atom. The number of thioether (sulfide) groups is 1. The fourth-order valence-electron chi connectivity index (χ4n) is 0.790. The van der Waals surface area contributed by atoms with Crippen LogP contribution in [-0.2, 0) is 0 Å². The van der Waals surface area contributed by atoms with Gasteiger partial charge in [0, 0.05) is 17.8 Å². The molecule has 1 aromatic heterocycles. The van der Waals surface area contributed by atoms with Crippen LogP contribution in [0.2, 0.25) is 0 Å². The average molecular weight is 217 g/mol. The lowest BCUT2D eigenvalue weighted by atomic mass is 10.1. The van der Waals surface area contributed by atoms with E-state index in [1.807, 2.05) is 0 Å². The van der Waals surface area contributed by atoms with Gasteiger partial charge >= 0.3 is 0 Å². The SMILES string of the molecule is CC(C)(C)NCCSc1nncs1. The summed E-state index contributed by atoms with van der Waals surface area (Å²) in [6.07, 6.45) is 0. The molecule has 0 aliphatic heterocycles. The molecule has 1 rings (SSSR count). The van der Waals surface area contributed by atoms with Gasteiger partial charge in [-0.15, -0.1) is 10.2 Å². The maximum Gasteiger partial charge on any atom is 0.174 e. The van der Waals surface area contributed by atoms with Gasteiger partial charge in [-0.05, 0) is 20.8 Å². The second-order valence-corrected chi connectivity index (χ2v) is 5.91. The van der Waals surface area contributed by atoms with E-state index in [0.29, 0.717) is 0 Å². The Labute approximate surface area is 87.3 Å². The highest BCUT2D eigenvalue weighted by Gasteiger charge is 2.07. The van der Waals surface area contributed by atoms with Gasteiger partial charge in [0.15, 0.2) is 4.34 Å². The van der Waals surface area contributed by atoms with Crippen molar-refractivity contribution < 1.29 is 0 Å². The molecule has 0 saturated heterocycles. The number of aromatic nitrogens is 2. The first-order valence-corrected chi connectivity index (χ1v) is 6.08. The third kappa shape index (κ3) is 5.23. The van der Waals surface area contributed by atoms with E-state index in [-0.39, 0.29) is 5.54 Å². The maximum absolute atomic E-state index is 3.95. The van der Waals surface area contributed by atoms with E-state index in [9.17, 15) is 0 Å². The van der Waals surface area contributed by atoms with E-state index < -0.39 is 0 Å². The van der Waals surface area contributed by atoms with Crippen molar-refractivity contribution in [3.8, 4) is 0 Å². The summed E-state index contributed by atoms with van der Waals surface area (Å²) in [5.74, 6) is 1.05. The summed E-state index contributed by atoms with van der Waals surface area (Å²) in [6, 6.07) is 0. The summed E-state index contributed by atoms with van der Waals surface area (Å²) in [6.45, 7) is 7.52. The van der Waals surface area contributed by atoms with Crippen molar-refractivity contribution in [3.63, 3.8) is 0 Å². The molecule has 0 aromatic carbocycles. The van der Waals surface area contributed by atoms with Gasteiger partial charge in [-0.3, -0.25) is 0 Å². The van der Waals surface area contributed by atoms with Crippen LogP contribution in [0, 0.1) is 0 Å². The van der Waals surface area contributed by atoms with Crippen LogP contribution in [0.15, 0.2) is 9.85 Å². The van der Waals surface area contributed by atoms with Crippen molar-refractivity contribution in [2.45, 2.75) is 30.6 Å². The minimum absolute atomic E-state index is 0.210. The van der Waals surface area contributed by atoms with E-state index in [1.165, 1.54) is 0 Å². The van der Waals surface area contributed by atoms with E-state index in [0.717, 1.165) is 16.6 Å². The van der Waals surface area contributed by atoms with Crippen molar-refractivity contribution in [1.82, 2.24) is 15.5 Å². The predicted octanol–water partition coefficient (Wildman–Crippen LogP) is 2.02. The lowest BCUT2D eigenvalue weighted by Gasteiger charge is -2.19. The Hall–Kier alpha value is -0.130. The minimum Gasteiger partial charge on any atom is -0.311 e. The Balaban J connectivity index is 2.09. The Kier molecular flexibility index (Phi) is 4.15. The molecule has 0 atom stereocenters. The van der Waals surface area contributed by atoms with Crippen LogP contribution in [0.5, 0.6) is 0 Å². The molecule has 1 aromatic rings. The van der Waals surface area contributed by atoms with Gasteiger partial charge < -0.3 is 5.32 Å². The largest absolute Gasteiger partial charge is 0.311 e. The molecule has 0 amide bonds. The molecule has 74 valence electrons. The molecule has 3 nitrogen and oxygen atoms in total. The fraction of sp³-hybridized carbons (Fsp3) is 0.750. The number of nitrogens with one attached hydrogen (secondary N) is 1. The zero-order valence-electron chi connectivity index (χ0n) is 8.20. The molecule has 1 heterocycles. The molecule has 0 radical (unpaired) electrons. The third-order valence-corrected chi connectivity index (χ3v) is 3.19. The highest BCUT2D eigenvalue weighted by atomic mass is 32.2. The average Bonchev–Trinajstić information content (AvgIpc) is 2.48. The highest BCUT2D eigenvalue weighted by molar-refractivity contribution is 8.01. The Bertz CT molecular complexity index is 228. The van der Waals surface area contributed by atoms with Crippen LogP contribution in [0.25, 0.3) is 0 Å².